The largest absolute Gasteiger partial charge is 0.444 e. The Kier molecular flexibility index (Phi) is 6.11. The molecule has 1 fully saturated rings. The first-order valence-electron chi connectivity index (χ1n) is 7.52. The molecule has 0 aromatic carbocycles. The van der Waals surface area contributed by atoms with Gasteiger partial charge >= 0.3 is 6.09 Å². The van der Waals surface area contributed by atoms with Gasteiger partial charge in [-0.3, -0.25) is 9.69 Å². The summed E-state index contributed by atoms with van der Waals surface area (Å²) in [6, 6.07) is -0.585. The highest BCUT2D eigenvalue weighted by Gasteiger charge is 2.37. The number of nitrogens with zero attached hydrogens (tertiary/aromatic N) is 2. The third kappa shape index (κ3) is 5.15. The normalized spacial score (nSPS) is 19.5. The van der Waals surface area contributed by atoms with E-state index in [0.29, 0.717) is 13.0 Å². The fourth-order valence-electron chi connectivity index (χ4n) is 2.23. The van der Waals surface area contributed by atoms with E-state index < -0.39 is 23.9 Å². The molecule has 2 atom stereocenters. The summed E-state index contributed by atoms with van der Waals surface area (Å²) < 4.78 is 5.32. The van der Waals surface area contributed by atoms with Gasteiger partial charge in [0.05, 0.1) is 0 Å². The zero-order chi connectivity index (χ0) is 16.9. The fourth-order valence-corrected chi connectivity index (χ4v) is 2.23. The standard InChI is InChI=1S/C15H25N3O4/c1-10(2)12(16-9-19)17-13(20)11-7-6-8-18(11)14(21)22-15(3,4)5/h10-12H,6-8H2,1-5H3,(H,17,20)/t11-,12-/m0/s1. The van der Waals surface area contributed by atoms with Crippen molar-refractivity contribution in [3.63, 3.8) is 0 Å². The molecule has 7 nitrogen and oxygen atoms in total. The lowest BCUT2D eigenvalue weighted by Gasteiger charge is -2.29. The summed E-state index contributed by atoms with van der Waals surface area (Å²) in [7, 11) is 0. The van der Waals surface area contributed by atoms with E-state index in [-0.39, 0.29) is 11.8 Å². The minimum absolute atomic E-state index is 0.0400. The van der Waals surface area contributed by atoms with Gasteiger partial charge in [-0.15, -0.1) is 0 Å². The van der Waals surface area contributed by atoms with Crippen molar-refractivity contribution in [3.05, 3.63) is 0 Å². The van der Waals surface area contributed by atoms with Crippen LogP contribution in [0.25, 0.3) is 0 Å². The second-order valence-corrected chi connectivity index (χ2v) is 6.75. The van der Waals surface area contributed by atoms with E-state index >= 15 is 0 Å². The maximum Gasteiger partial charge on any atom is 0.410 e. The van der Waals surface area contributed by atoms with Crippen LogP contribution in [0.1, 0.15) is 47.5 Å². The van der Waals surface area contributed by atoms with Gasteiger partial charge in [0.25, 0.3) is 0 Å². The quantitative estimate of drug-likeness (QED) is 0.633. The van der Waals surface area contributed by atoms with Crippen molar-refractivity contribution < 1.29 is 19.1 Å². The van der Waals surface area contributed by atoms with Gasteiger partial charge in [0, 0.05) is 6.54 Å². The molecule has 1 N–H and O–H groups in total. The summed E-state index contributed by atoms with van der Waals surface area (Å²) in [5.41, 5.74) is -0.608. The van der Waals surface area contributed by atoms with Crippen molar-refractivity contribution in [2.24, 2.45) is 10.9 Å². The van der Waals surface area contributed by atoms with Gasteiger partial charge in [-0.05, 0) is 39.5 Å². The average Bonchev–Trinajstić information content (AvgIpc) is 2.85. The molecule has 0 saturated carbocycles. The van der Waals surface area contributed by atoms with E-state index in [1.165, 1.54) is 11.0 Å². The predicted octanol–water partition coefficient (Wildman–Crippen LogP) is 1.82. The summed E-state index contributed by atoms with van der Waals surface area (Å²) in [6.07, 6.45) is 1.64. The summed E-state index contributed by atoms with van der Waals surface area (Å²) in [6.45, 7) is 9.51. The van der Waals surface area contributed by atoms with Crippen molar-refractivity contribution in [3.8, 4) is 0 Å². The molecule has 0 aromatic heterocycles. The zero-order valence-electron chi connectivity index (χ0n) is 13.9. The van der Waals surface area contributed by atoms with E-state index in [0.717, 1.165) is 6.42 Å². The number of aliphatic imine (C=N–C) groups is 1. The molecular weight excluding hydrogens is 286 g/mol. The van der Waals surface area contributed by atoms with E-state index in [4.69, 9.17) is 4.74 Å². The third-order valence-electron chi connectivity index (χ3n) is 3.30. The molecule has 2 amide bonds. The van der Waals surface area contributed by atoms with Crippen LogP contribution in [-0.4, -0.2) is 47.3 Å². The van der Waals surface area contributed by atoms with Crippen LogP contribution < -0.4 is 5.32 Å². The van der Waals surface area contributed by atoms with Gasteiger partial charge in [0.2, 0.25) is 12.0 Å². The van der Waals surface area contributed by atoms with Crippen LogP contribution in [0.3, 0.4) is 0 Å². The lowest BCUT2D eigenvalue weighted by atomic mass is 10.1. The molecule has 1 saturated heterocycles. The Labute approximate surface area is 131 Å². The molecule has 0 unspecified atom stereocenters. The first kappa shape index (κ1) is 18.2. The average molecular weight is 311 g/mol. The number of hydrogen-bond acceptors (Lipinski definition) is 5. The molecule has 0 aromatic rings. The van der Waals surface area contributed by atoms with Crippen molar-refractivity contribution >= 4 is 18.1 Å². The monoisotopic (exact) mass is 311 g/mol. The maximum absolute atomic E-state index is 12.4. The summed E-state index contributed by atoms with van der Waals surface area (Å²) in [5, 5.41) is 2.69. The van der Waals surface area contributed by atoms with Crippen LogP contribution in [0.4, 0.5) is 4.79 Å². The molecule has 0 bridgehead atoms. The third-order valence-corrected chi connectivity index (χ3v) is 3.30. The van der Waals surface area contributed by atoms with Crippen LogP contribution in [0.5, 0.6) is 0 Å². The van der Waals surface area contributed by atoms with E-state index in [1.54, 1.807) is 20.8 Å². The fraction of sp³-hybridized carbons (Fsp3) is 0.800. The van der Waals surface area contributed by atoms with Gasteiger partial charge in [0.15, 0.2) is 0 Å². The molecule has 1 aliphatic heterocycles. The number of carbonyl (C=O) groups is 2. The van der Waals surface area contributed by atoms with Gasteiger partial charge in [-0.2, -0.15) is 4.99 Å². The number of likely N-dealkylation sites (tertiary alicyclic amines) is 1. The number of amides is 2. The van der Waals surface area contributed by atoms with Crippen molar-refractivity contribution in [1.82, 2.24) is 10.2 Å². The van der Waals surface area contributed by atoms with Crippen LogP contribution in [0.2, 0.25) is 0 Å². The van der Waals surface area contributed by atoms with Gasteiger partial charge in [0.1, 0.15) is 17.8 Å². The Morgan fingerprint density at radius 3 is 2.50 bits per heavy atom. The Balaban J connectivity index is 2.75. The van der Waals surface area contributed by atoms with E-state index in [9.17, 15) is 14.4 Å². The Hall–Kier alpha value is -1.88. The highest BCUT2D eigenvalue weighted by atomic mass is 16.6. The van der Waals surface area contributed by atoms with Crippen molar-refractivity contribution in [2.75, 3.05) is 6.54 Å². The number of isocyanates is 1. The number of ether oxygens (including phenoxy) is 1. The highest BCUT2D eigenvalue weighted by Crippen LogP contribution is 2.21. The van der Waals surface area contributed by atoms with Gasteiger partial charge < -0.3 is 10.1 Å². The van der Waals surface area contributed by atoms with Gasteiger partial charge in [-0.1, -0.05) is 13.8 Å². The van der Waals surface area contributed by atoms with E-state index in [2.05, 4.69) is 10.3 Å². The molecule has 0 radical (unpaired) electrons. The molecule has 22 heavy (non-hydrogen) atoms. The van der Waals surface area contributed by atoms with Crippen molar-refractivity contribution in [1.29, 1.82) is 0 Å². The van der Waals surface area contributed by atoms with Crippen LogP contribution in [0.15, 0.2) is 4.99 Å². The predicted molar refractivity (Wildman–Crippen MR) is 80.9 cm³/mol. The van der Waals surface area contributed by atoms with E-state index in [1.807, 2.05) is 13.8 Å². The van der Waals surface area contributed by atoms with Gasteiger partial charge in [-0.25, -0.2) is 9.59 Å². The van der Waals surface area contributed by atoms with Crippen LogP contribution in [-0.2, 0) is 14.3 Å². The SMILES string of the molecule is CC(C)[C@@H](N=C=O)NC(=O)[C@@H]1CCCN1C(=O)OC(C)(C)C. The smallest absolute Gasteiger partial charge is 0.410 e. The zero-order valence-corrected chi connectivity index (χ0v) is 13.9. The molecule has 0 spiro atoms. The lowest BCUT2D eigenvalue weighted by molar-refractivity contribution is -0.126. The first-order chi connectivity index (χ1) is 10.2. The minimum Gasteiger partial charge on any atom is -0.444 e. The molecule has 0 aliphatic carbocycles. The molecule has 1 heterocycles. The molecule has 1 rings (SSSR count). The lowest BCUT2D eigenvalue weighted by Crippen LogP contribution is -2.50. The molecule has 1 aliphatic rings. The Morgan fingerprint density at radius 2 is 2.00 bits per heavy atom. The first-order valence-corrected chi connectivity index (χ1v) is 7.52. The molecular formula is C15H25N3O4. The summed E-state index contributed by atoms with van der Waals surface area (Å²) in [4.78, 5) is 40.0. The Morgan fingerprint density at radius 1 is 1.36 bits per heavy atom. The maximum atomic E-state index is 12.4. The second kappa shape index (κ2) is 7.40. The van der Waals surface area contributed by atoms with Crippen molar-refractivity contribution in [2.45, 2.75) is 65.3 Å². The Bertz CT molecular complexity index is 464. The topological polar surface area (TPSA) is 88.1 Å². The molecule has 7 heteroatoms. The van der Waals surface area contributed by atoms with Crippen LogP contribution in [0, 0.1) is 5.92 Å². The van der Waals surface area contributed by atoms with Crippen LogP contribution >= 0.6 is 0 Å². The molecule has 124 valence electrons. The number of nitrogens with one attached hydrogen (secondary N) is 1. The number of hydrogen-bond donors (Lipinski definition) is 1. The highest BCUT2D eigenvalue weighted by molar-refractivity contribution is 5.86. The summed E-state index contributed by atoms with van der Waals surface area (Å²) in [5.74, 6) is -0.358. The second-order valence-electron chi connectivity index (χ2n) is 6.75. The number of carbonyl (C=O) groups excluding carboxylic acids is 3. The minimum atomic E-state index is -0.633. The number of rotatable bonds is 4. The summed E-state index contributed by atoms with van der Waals surface area (Å²) >= 11 is 0.